The number of ketones is 4. The molecular weight excluding hydrogens is 620 g/mol. The van der Waals surface area contributed by atoms with Crippen molar-refractivity contribution >= 4 is 35.1 Å². The number of hydrogen-bond donors (Lipinski definition) is 5. The van der Waals surface area contributed by atoms with E-state index < -0.39 is 69.9 Å². The van der Waals surface area contributed by atoms with Crippen LogP contribution in [0.5, 0.6) is 11.5 Å². The lowest BCUT2D eigenvalue weighted by Gasteiger charge is -2.52. The van der Waals surface area contributed by atoms with E-state index in [0.717, 1.165) is 0 Å². The molecule has 2 fully saturated rings. The number of fused-ring (bicyclic) bond motifs is 3. The number of carbonyl (C=O) groups is 6. The van der Waals surface area contributed by atoms with Gasteiger partial charge in [-0.25, -0.2) is 4.79 Å². The Labute approximate surface area is 278 Å². The van der Waals surface area contributed by atoms with Crippen LogP contribution in [0.25, 0.3) is 11.1 Å². The molecule has 48 heavy (non-hydrogen) atoms. The Morgan fingerprint density at radius 1 is 1.08 bits per heavy atom. The summed E-state index contributed by atoms with van der Waals surface area (Å²) in [6.45, 7) is 7.94. The van der Waals surface area contributed by atoms with Crippen molar-refractivity contribution in [1.82, 2.24) is 15.5 Å². The molecule has 0 heterocycles. The Morgan fingerprint density at radius 3 is 2.38 bits per heavy atom. The third-order valence-electron chi connectivity index (χ3n) is 9.54. The molecule has 3 amide bonds. The minimum absolute atomic E-state index is 0.0552. The number of urea groups is 1. The topological polar surface area (TPSA) is 205 Å². The number of Topliss-reactive ketones (excluding diaryl/α,β-unsaturated/α-hetero) is 4. The molecule has 3 aliphatic carbocycles. The van der Waals surface area contributed by atoms with Gasteiger partial charge in [0.05, 0.1) is 24.1 Å². The van der Waals surface area contributed by atoms with Crippen LogP contribution >= 0.6 is 0 Å². The first-order valence-electron chi connectivity index (χ1n) is 15.9. The maximum absolute atomic E-state index is 14.1. The normalized spacial score (nSPS) is 26.8. The molecule has 0 aliphatic heterocycles. The average molecular weight is 663 g/mol. The number of benzene rings is 2. The number of aromatic hydroxyl groups is 1. The van der Waals surface area contributed by atoms with Gasteiger partial charge in [-0.1, -0.05) is 12.1 Å². The summed E-state index contributed by atoms with van der Waals surface area (Å²) in [7, 11) is 3.08. The minimum atomic E-state index is -2.79. The van der Waals surface area contributed by atoms with E-state index in [1.807, 2.05) is 33.8 Å². The van der Waals surface area contributed by atoms with Gasteiger partial charge >= 0.3 is 6.03 Å². The number of amides is 3. The van der Waals surface area contributed by atoms with Crippen molar-refractivity contribution in [2.24, 2.45) is 29.4 Å². The zero-order chi connectivity index (χ0) is 35.5. The Kier molecular flexibility index (Phi) is 8.99. The summed E-state index contributed by atoms with van der Waals surface area (Å²) in [5.74, 6) is -10.5. The Bertz CT molecular complexity index is 1730. The van der Waals surface area contributed by atoms with Crippen LogP contribution in [0, 0.1) is 23.7 Å². The van der Waals surface area contributed by atoms with Crippen LogP contribution in [0.2, 0.25) is 0 Å². The number of nitrogens with zero attached hydrogens (tertiary/aromatic N) is 1. The molecule has 0 bridgehead atoms. The highest BCUT2D eigenvalue weighted by molar-refractivity contribution is 6.32. The Morgan fingerprint density at radius 2 is 1.77 bits per heavy atom. The van der Waals surface area contributed by atoms with Crippen molar-refractivity contribution in [3.63, 3.8) is 0 Å². The second-order valence-corrected chi connectivity index (χ2v) is 14.1. The second kappa shape index (κ2) is 12.4. The smallest absolute Gasteiger partial charge is 0.315 e. The monoisotopic (exact) mass is 662 g/mol. The SMILES string of the molecule is CCOc1ccc(-c2ccc(O)c3c2C[C@H]2C[C@H]4[C@H](N(C)C)C(=O)C(C(N)=O)C(=O)[C@@]4(O)C(=O)C2C3=O)cc1CNC(=O)NC(C)(C)C. The number of phenolic OH excluding ortho intramolecular Hbond substituents is 1. The van der Waals surface area contributed by atoms with Gasteiger partial charge in [-0.15, -0.1) is 0 Å². The summed E-state index contributed by atoms with van der Waals surface area (Å²) in [5.41, 5.74) is 4.44. The van der Waals surface area contributed by atoms with E-state index in [2.05, 4.69) is 10.6 Å². The van der Waals surface area contributed by atoms with Crippen LogP contribution in [0.1, 0.15) is 55.6 Å². The van der Waals surface area contributed by atoms with Gasteiger partial charge < -0.3 is 31.3 Å². The largest absolute Gasteiger partial charge is 0.507 e. The van der Waals surface area contributed by atoms with Gasteiger partial charge in [0.2, 0.25) is 5.91 Å². The molecule has 3 aliphatic rings. The van der Waals surface area contributed by atoms with Gasteiger partial charge in [-0.3, -0.25) is 28.9 Å². The van der Waals surface area contributed by atoms with Crippen molar-refractivity contribution in [3.05, 3.63) is 47.0 Å². The molecule has 2 saturated carbocycles. The van der Waals surface area contributed by atoms with Crippen molar-refractivity contribution in [2.45, 2.75) is 64.3 Å². The summed E-state index contributed by atoms with van der Waals surface area (Å²) in [6, 6.07) is 6.82. The summed E-state index contributed by atoms with van der Waals surface area (Å²) < 4.78 is 5.81. The van der Waals surface area contributed by atoms with Gasteiger partial charge in [-0.2, -0.15) is 0 Å². The van der Waals surface area contributed by atoms with E-state index in [4.69, 9.17) is 10.5 Å². The van der Waals surface area contributed by atoms with Crippen molar-refractivity contribution in [3.8, 4) is 22.6 Å². The highest BCUT2D eigenvalue weighted by atomic mass is 16.5. The first kappa shape index (κ1) is 34.7. The molecule has 0 saturated heterocycles. The zero-order valence-corrected chi connectivity index (χ0v) is 27.9. The summed E-state index contributed by atoms with van der Waals surface area (Å²) in [5, 5.41) is 28.4. The molecule has 13 heteroatoms. The molecule has 2 unspecified atom stereocenters. The van der Waals surface area contributed by atoms with Crippen molar-refractivity contribution in [1.29, 1.82) is 0 Å². The number of phenols is 1. The number of aliphatic hydroxyl groups is 1. The van der Waals surface area contributed by atoms with Gasteiger partial charge in [-0.05, 0) is 95.4 Å². The highest BCUT2D eigenvalue weighted by Crippen LogP contribution is 2.52. The first-order chi connectivity index (χ1) is 22.4. The zero-order valence-electron chi connectivity index (χ0n) is 27.9. The van der Waals surface area contributed by atoms with Crippen LogP contribution in [-0.2, 0) is 32.1 Å². The Balaban J connectivity index is 1.57. The van der Waals surface area contributed by atoms with Crippen molar-refractivity contribution < 1.29 is 43.7 Å². The molecule has 2 aromatic carbocycles. The summed E-state index contributed by atoms with van der Waals surface area (Å²) in [4.78, 5) is 81.3. The number of hydrogen-bond acceptors (Lipinski definition) is 10. The first-order valence-corrected chi connectivity index (χ1v) is 15.9. The lowest BCUT2D eigenvalue weighted by atomic mass is 9.52. The van der Waals surface area contributed by atoms with Gasteiger partial charge in [0.25, 0.3) is 0 Å². The van der Waals surface area contributed by atoms with Crippen LogP contribution in [0.3, 0.4) is 0 Å². The predicted molar refractivity (Wildman–Crippen MR) is 173 cm³/mol. The maximum Gasteiger partial charge on any atom is 0.315 e. The number of carbonyl (C=O) groups excluding carboxylic acids is 6. The fourth-order valence-electron chi connectivity index (χ4n) is 7.62. The number of primary amides is 1. The van der Waals surface area contributed by atoms with Crippen LogP contribution in [-0.4, -0.2) is 88.1 Å². The number of nitrogens with one attached hydrogen (secondary N) is 2. The predicted octanol–water partition coefficient (Wildman–Crippen LogP) is 1.53. The lowest BCUT2D eigenvalue weighted by molar-refractivity contribution is -0.181. The standard InChI is InChI=1S/C35H42N4O9/c1-7-48-23-11-8-16(12-18(23)15-37-33(46)38-34(2,3)4)19-9-10-22(40)25-20(19)13-17-14-21-27(39(5)6)29(42)26(32(36)45)31(44)35(21,47)30(43)24(17)28(25)41/h8-12,17,21,24,26-27,40,47H,7,13-15H2,1-6H3,(H2,36,45)(H2,37,38,46)/t17-,21-,24?,26?,27-,35-/m0/s1. The molecule has 13 nitrogen and oxygen atoms in total. The molecule has 0 radical (unpaired) electrons. The maximum atomic E-state index is 14.1. The van der Waals surface area contributed by atoms with Crippen LogP contribution < -0.4 is 21.1 Å². The highest BCUT2D eigenvalue weighted by Gasteiger charge is 2.69. The van der Waals surface area contributed by atoms with E-state index in [1.165, 1.54) is 25.1 Å². The lowest BCUT2D eigenvalue weighted by Crippen LogP contribution is -2.74. The molecule has 5 rings (SSSR count). The van der Waals surface area contributed by atoms with Crippen LogP contribution in [0.15, 0.2) is 30.3 Å². The molecular formula is C35H42N4O9. The molecule has 2 aromatic rings. The Hall–Kier alpha value is -4.62. The minimum Gasteiger partial charge on any atom is -0.507 e. The number of nitrogens with two attached hydrogens (primary N) is 1. The van der Waals surface area contributed by atoms with Gasteiger partial charge in [0.15, 0.2) is 34.7 Å². The molecule has 6 N–H and O–H groups in total. The third kappa shape index (κ3) is 5.74. The van der Waals surface area contributed by atoms with E-state index >= 15 is 0 Å². The number of likely N-dealkylation sites (N-methyl/N-ethyl adjacent to an activating group) is 1. The second-order valence-electron chi connectivity index (χ2n) is 14.1. The summed E-state index contributed by atoms with van der Waals surface area (Å²) >= 11 is 0. The molecule has 0 aromatic heterocycles. The van der Waals surface area contributed by atoms with E-state index in [-0.39, 0.29) is 36.7 Å². The quantitative estimate of drug-likeness (QED) is 0.270. The van der Waals surface area contributed by atoms with Crippen LogP contribution in [0.4, 0.5) is 4.79 Å². The molecule has 0 spiro atoms. The summed E-state index contributed by atoms with van der Waals surface area (Å²) in [6.07, 6.45) is 0.0602. The fraction of sp³-hybridized carbons (Fsp3) is 0.486. The average Bonchev–Trinajstić information content (AvgIpc) is 2.97. The van der Waals surface area contributed by atoms with E-state index in [9.17, 15) is 39.0 Å². The molecule has 6 atom stereocenters. The van der Waals surface area contributed by atoms with E-state index in [0.29, 0.717) is 34.6 Å². The third-order valence-corrected chi connectivity index (χ3v) is 9.54. The number of ether oxygens (including phenoxy) is 1. The van der Waals surface area contributed by atoms with Gasteiger partial charge in [0.1, 0.15) is 11.5 Å². The number of rotatable bonds is 7. The van der Waals surface area contributed by atoms with E-state index in [1.54, 1.807) is 18.2 Å². The fourth-order valence-corrected chi connectivity index (χ4v) is 7.62. The van der Waals surface area contributed by atoms with Gasteiger partial charge in [0, 0.05) is 23.6 Å². The van der Waals surface area contributed by atoms with Crippen molar-refractivity contribution in [2.75, 3.05) is 20.7 Å². The molecule has 256 valence electrons.